The molecule has 1 N–H and O–H groups in total. The maximum Gasteiger partial charge on any atom is 0.254 e. The summed E-state index contributed by atoms with van der Waals surface area (Å²) in [5.41, 5.74) is 1.86. The first-order valence-electron chi connectivity index (χ1n) is 5.83. The van der Waals surface area contributed by atoms with E-state index in [1.807, 2.05) is 24.3 Å². The number of alkyl halides is 1. The molecule has 1 saturated carbocycles. The summed E-state index contributed by atoms with van der Waals surface area (Å²) in [6.45, 7) is 0.464. The van der Waals surface area contributed by atoms with Gasteiger partial charge in [0.05, 0.1) is 6.61 Å². The fraction of sp³-hybridized carbons (Fsp3) is 0.462. The van der Waals surface area contributed by atoms with Crippen molar-refractivity contribution in [2.75, 3.05) is 13.2 Å². The van der Waals surface area contributed by atoms with Crippen molar-refractivity contribution in [3.8, 4) is 0 Å². The second-order valence-electron chi connectivity index (χ2n) is 4.28. The Bertz CT molecular complexity index is 387. The lowest BCUT2D eigenvalue weighted by Gasteiger charge is -2.21. The van der Waals surface area contributed by atoms with Crippen molar-refractivity contribution in [2.24, 2.45) is 0 Å². The summed E-state index contributed by atoms with van der Waals surface area (Å²) in [6, 6.07) is 7.94. The molecule has 0 heterocycles. The van der Waals surface area contributed by atoms with Crippen LogP contribution in [0.5, 0.6) is 0 Å². The summed E-state index contributed by atoms with van der Waals surface area (Å²) in [4.78, 5) is 14.0. The summed E-state index contributed by atoms with van der Waals surface area (Å²) in [5.74, 6) is 0.0303. The number of halogens is 1. The highest BCUT2D eigenvalue weighted by molar-refractivity contribution is 9.08. The van der Waals surface area contributed by atoms with Crippen molar-refractivity contribution in [3.05, 3.63) is 35.4 Å². The first-order valence-corrected chi connectivity index (χ1v) is 6.95. The predicted octanol–water partition coefficient (Wildman–Crippen LogP) is 2.18. The largest absolute Gasteiger partial charge is 0.395 e. The van der Waals surface area contributed by atoms with Crippen LogP contribution >= 0.6 is 15.9 Å². The molecule has 0 unspecified atom stereocenters. The van der Waals surface area contributed by atoms with E-state index in [4.69, 9.17) is 5.11 Å². The van der Waals surface area contributed by atoms with Crippen LogP contribution in [0.25, 0.3) is 0 Å². The highest BCUT2D eigenvalue weighted by Gasteiger charge is 2.32. The summed E-state index contributed by atoms with van der Waals surface area (Å²) in [7, 11) is 0. The number of carbonyl (C=O) groups is 1. The standard InChI is InChI=1S/C13H16BrNO2/c14-9-10-1-3-11(4-2-10)13(17)15(7-8-16)12-5-6-12/h1-4,12,16H,5-9H2. The minimum absolute atomic E-state index is 0.0295. The van der Waals surface area contributed by atoms with Gasteiger partial charge in [0.2, 0.25) is 0 Å². The number of aliphatic hydroxyl groups is 1. The molecule has 0 spiro atoms. The van der Waals surface area contributed by atoms with Crippen molar-refractivity contribution < 1.29 is 9.90 Å². The summed E-state index contributed by atoms with van der Waals surface area (Å²) >= 11 is 3.38. The second kappa shape index (κ2) is 5.65. The van der Waals surface area contributed by atoms with E-state index in [1.54, 1.807) is 4.90 Å². The lowest BCUT2D eigenvalue weighted by atomic mass is 10.1. The quantitative estimate of drug-likeness (QED) is 0.846. The molecule has 0 saturated heterocycles. The van der Waals surface area contributed by atoms with E-state index in [0.717, 1.165) is 23.7 Å². The van der Waals surface area contributed by atoms with Gasteiger partial charge in [-0.25, -0.2) is 0 Å². The molecule has 4 heteroatoms. The monoisotopic (exact) mass is 297 g/mol. The van der Waals surface area contributed by atoms with Crippen LogP contribution in [0.4, 0.5) is 0 Å². The van der Waals surface area contributed by atoms with Gasteiger partial charge in [0.1, 0.15) is 0 Å². The number of rotatable bonds is 5. The molecule has 3 nitrogen and oxygen atoms in total. The average molecular weight is 298 g/mol. The lowest BCUT2D eigenvalue weighted by molar-refractivity contribution is 0.0707. The number of carbonyl (C=O) groups excluding carboxylic acids is 1. The Kier molecular flexibility index (Phi) is 4.18. The van der Waals surface area contributed by atoms with E-state index in [-0.39, 0.29) is 12.5 Å². The van der Waals surface area contributed by atoms with Crippen LogP contribution in [0.3, 0.4) is 0 Å². The molecule has 1 amide bonds. The van der Waals surface area contributed by atoms with Gasteiger partial charge in [-0.05, 0) is 30.5 Å². The summed E-state index contributed by atoms with van der Waals surface area (Å²) < 4.78 is 0. The molecule has 1 aliphatic rings. The van der Waals surface area contributed by atoms with Crippen LogP contribution in [0, 0.1) is 0 Å². The van der Waals surface area contributed by atoms with Crippen LogP contribution in [0.2, 0.25) is 0 Å². The third-order valence-electron chi connectivity index (χ3n) is 2.94. The zero-order chi connectivity index (χ0) is 12.3. The number of hydrogen-bond acceptors (Lipinski definition) is 2. The zero-order valence-corrected chi connectivity index (χ0v) is 11.2. The van der Waals surface area contributed by atoms with E-state index in [2.05, 4.69) is 15.9 Å². The second-order valence-corrected chi connectivity index (χ2v) is 4.84. The summed E-state index contributed by atoms with van der Waals surface area (Å²) in [5, 5.41) is 9.79. The zero-order valence-electron chi connectivity index (χ0n) is 9.60. The van der Waals surface area contributed by atoms with Gasteiger partial charge < -0.3 is 10.0 Å². The smallest absolute Gasteiger partial charge is 0.254 e. The maximum atomic E-state index is 12.2. The molecule has 0 atom stereocenters. The van der Waals surface area contributed by atoms with Crippen LogP contribution in [0.15, 0.2) is 24.3 Å². The first-order chi connectivity index (χ1) is 8.26. The SMILES string of the molecule is O=C(c1ccc(CBr)cc1)N(CCO)C1CC1. The number of aliphatic hydroxyl groups excluding tert-OH is 1. The van der Waals surface area contributed by atoms with Crippen LogP contribution in [0.1, 0.15) is 28.8 Å². The Morgan fingerprint density at radius 2 is 2.00 bits per heavy atom. The fourth-order valence-electron chi connectivity index (χ4n) is 1.85. The number of nitrogens with zero attached hydrogens (tertiary/aromatic N) is 1. The van der Waals surface area contributed by atoms with Gasteiger partial charge in [-0.1, -0.05) is 28.1 Å². The van der Waals surface area contributed by atoms with Crippen LogP contribution in [-0.4, -0.2) is 35.1 Å². The van der Waals surface area contributed by atoms with Crippen molar-refractivity contribution in [1.29, 1.82) is 0 Å². The van der Waals surface area contributed by atoms with Crippen LogP contribution < -0.4 is 0 Å². The molecule has 17 heavy (non-hydrogen) atoms. The first kappa shape index (κ1) is 12.6. The third-order valence-corrected chi connectivity index (χ3v) is 3.59. The predicted molar refractivity (Wildman–Crippen MR) is 70.2 cm³/mol. The van der Waals surface area contributed by atoms with Gasteiger partial charge in [-0.15, -0.1) is 0 Å². The van der Waals surface area contributed by atoms with E-state index < -0.39 is 0 Å². The maximum absolute atomic E-state index is 12.2. The Labute approximate surface area is 110 Å². The Morgan fingerprint density at radius 1 is 1.35 bits per heavy atom. The van der Waals surface area contributed by atoms with Crippen LogP contribution in [-0.2, 0) is 5.33 Å². The summed E-state index contributed by atoms with van der Waals surface area (Å²) in [6.07, 6.45) is 2.12. The molecule has 92 valence electrons. The van der Waals surface area contributed by atoms with Gasteiger partial charge in [0.25, 0.3) is 5.91 Å². The molecule has 0 aromatic heterocycles. The number of amides is 1. The Morgan fingerprint density at radius 3 is 2.47 bits per heavy atom. The van der Waals surface area contributed by atoms with E-state index in [1.165, 1.54) is 0 Å². The molecule has 0 radical (unpaired) electrons. The molecule has 1 fully saturated rings. The minimum atomic E-state index is 0.0295. The number of benzene rings is 1. The average Bonchev–Trinajstić information content (AvgIpc) is 3.19. The van der Waals surface area contributed by atoms with E-state index >= 15 is 0 Å². The minimum Gasteiger partial charge on any atom is -0.395 e. The van der Waals surface area contributed by atoms with Crippen molar-refractivity contribution in [3.63, 3.8) is 0 Å². The topological polar surface area (TPSA) is 40.5 Å². The van der Waals surface area contributed by atoms with E-state index in [9.17, 15) is 4.79 Å². The highest BCUT2D eigenvalue weighted by Crippen LogP contribution is 2.28. The van der Waals surface area contributed by atoms with Crippen molar-refractivity contribution in [2.45, 2.75) is 24.2 Å². The lowest BCUT2D eigenvalue weighted by Crippen LogP contribution is -2.35. The fourth-order valence-corrected chi connectivity index (χ4v) is 2.22. The van der Waals surface area contributed by atoms with Crippen molar-refractivity contribution >= 4 is 21.8 Å². The van der Waals surface area contributed by atoms with Gasteiger partial charge in [0.15, 0.2) is 0 Å². The van der Waals surface area contributed by atoms with Gasteiger partial charge in [-0.3, -0.25) is 4.79 Å². The van der Waals surface area contributed by atoms with Gasteiger partial charge >= 0.3 is 0 Å². The molecule has 1 aromatic rings. The van der Waals surface area contributed by atoms with Gasteiger partial charge in [0, 0.05) is 23.5 Å². The van der Waals surface area contributed by atoms with Gasteiger partial charge in [-0.2, -0.15) is 0 Å². The molecule has 0 bridgehead atoms. The van der Waals surface area contributed by atoms with E-state index in [0.29, 0.717) is 18.2 Å². The Hall–Kier alpha value is -0.870. The normalized spacial score (nSPS) is 14.7. The molecule has 2 rings (SSSR count). The Balaban J connectivity index is 2.10. The molecule has 0 aliphatic heterocycles. The molecular formula is C13H16BrNO2. The third kappa shape index (κ3) is 3.07. The number of hydrogen-bond donors (Lipinski definition) is 1. The molecule has 1 aromatic carbocycles. The van der Waals surface area contributed by atoms with Crippen molar-refractivity contribution in [1.82, 2.24) is 4.90 Å². The highest BCUT2D eigenvalue weighted by atomic mass is 79.9. The molecule has 1 aliphatic carbocycles. The molecular weight excluding hydrogens is 282 g/mol.